The van der Waals surface area contributed by atoms with Crippen molar-refractivity contribution >= 4 is 5.97 Å². The molecule has 0 aliphatic rings. The molecule has 6 heteroatoms. The Labute approximate surface area is 83.6 Å². The average Bonchev–Trinajstić information content (AvgIpc) is 2.15. The second-order valence-corrected chi connectivity index (χ2v) is 3.03. The van der Waals surface area contributed by atoms with Gasteiger partial charge in [0.25, 0.3) is 0 Å². The fourth-order valence-electron chi connectivity index (χ4n) is 0.972. The van der Waals surface area contributed by atoms with Crippen molar-refractivity contribution in [3.8, 4) is 0 Å². The fourth-order valence-corrected chi connectivity index (χ4v) is 0.972. The van der Waals surface area contributed by atoms with Crippen LogP contribution in [0.5, 0.6) is 0 Å². The van der Waals surface area contributed by atoms with Crippen LogP contribution in [0.15, 0.2) is 18.3 Å². The molecule has 0 amide bonds. The molecule has 82 valence electrons. The molecule has 0 spiro atoms. The molecule has 0 aromatic carbocycles. The molecule has 0 saturated carbocycles. The van der Waals surface area contributed by atoms with Crippen molar-refractivity contribution in [3.05, 3.63) is 29.6 Å². The van der Waals surface area contributed by atoms with Crippen LogP contribution in [0.3, 0.4) is 0 Å². The SMILES string of the molecule is CC(C(=O)O)c1ccc(C(F)(F)F)nc1. The summed E-state index contributed by atoms with van der Waals surface area (Å²) >= 11 is 0. The van der Waals surface area contributed by atoms with Gasteiger partial charge in [-0.2, -0.15) is 13.2 Å². The monoisotopic (exact) mass is 219 g/mol. The van der Waals surface area contributed by atoms with E-state index in [-0.39, 0.29) is 5.56 Å². The lowest BCUT2D eigenvalue weighted by Crippen LogP contribution is -2.11. The Hall–Kier alpha value is -1.59. The van der Waals surface area contributed by atoms with Crippen molar-refractivity contribution in [1.82, 2.24) is 4.98 Å². The number of halogens is 3. The number of alkyl halides is 3. The predicted molar refractivity (Wildman–Crippen MR) is 45.3 cm³/mol. The van der Waals surface area contributed by atoms with Gasteiger partial charge in [0.15, 0.2) is 0 Å². The molecule has 1 rings (SSSR count). The van der Waals surface area contributed by atoms with E-state index < -0.39 is 23.8 Å². The Kier molecular flexibility index (Phi) is 2.97. The molecule has 1 aromatic rings. The van der Waals surface area contributed by atoms with E-state index in [2.05, 4.69) is 4.98 Å². The summed E-state index contributed by atoms with van der Waals surface area (Å²) in [5, 5.41) is 8.61. The first kappa shape index (κ1) is 11.5. The first-order valence-corrected chi connectivity index (χ1v) is 4.08. The third-order valence-electron chi connectivity index (χ3n) is 1.95. The topological polar surface area (TPSA) is 50.2 Å². The van der Waals surface area contributed by atoms with Gasteiger partial charge < -0.3 is 5.11 Å². The molecule has 0 radical (unpaired) electrons. The van der Waals surface area contributed by atoms with Crippen LogP contribution in [0, 0.1) is 0 Å². The zero-order valence-corrected chi connectivity index (χ0v) is 7.75. The molecule has 0 aliphatic heterocycles. The lowest BCUT2D eigenvalue weighted by Gasteiger charge is -2.08. The van der Waals surface area contributed by atoms with E-state index in [4.69, 9.17) is 5.11 Å². The summed E-state index contributed by atoms with van der Waals surface area (Å²) in [6, 6.07) is 1.89. The van der Waals surface area contributed by atoms with Gasteiger partial charge in [0.05, 0.1) is 5.92 Å². The molecule has 15 heavy (non-hydrogen) atoms. The van der Waals surface area contributed by atoms with Crippen LogP contribution in [-0.4, -0.2) is 16.1 Å². The molecule has 1 atom stereocenters. The minimum atomic E-state index is -4.50. The van der Waals surface area contributed by atoms with Gasteiger partial charge >= 0.3 is 12.1 Å². The minimum Gasteiger partial charge on any atom is -0.481 e. The molecule has 1 N–H and O–H groups in total. The highest BCUT2D eigenvalue weighted by molar-refractivity contribution is 5.75. The largest absolute Gasteiger partial charge is 0.481 e. The molecule has 0 aliphatic carbocycles. The second-order valence-electron chi connectivity index (χ2n) is 3.03. The van der Waals surface area contributed by atoms with Crippen LogP contribution in [0.2, 0.25) is 0 Å². The van der Waals surface area contributed by atoms with E-state index in [1.54, 1.807) is 0 Å². The Balaban J connectivity index is 2.95. The highest BCUT2D eigenvalue weighted by atomic mass is 19.4. The lowest BCUT2D eigenvalue weighted by molar-refractivity contribution is -0.141. The van der Waals surface area contributed by atoms with E-state index in [9.17, 15) is 18.0 Å². The van der Waals surface area contributed by atoms with Crippen LogP contribution in [0.25, 0.3) is 0 Å². The van der Waals surface area contributed by atoms with Gasteiger partial charge in [-0.15, -0.1) is 0 Å². The van der Waals surface area contributed by atoms with Crippen molar-refractivity contribution in [2.75, 3.05) is 0 Å². The number of aliphatic carboxylic acids is 1. The second kappa shape index (κ2) is 3.88. The highest BCUT2D eigenvalue weighted by Crippen LogP contribution is 2.28. The molecule has 3 nitrogen and oxygen atoms in total. The minimum absolute atomic E-state index is 0.246. The van der Waals surface area contributed by atoms with Crippen molar-refractivity contribution < 1.29 is 23.1 Å². The lowest BCUT2D eigenvalue weighted by atomic mass is 10.0. The molecule has 1 aromatic heterocycles. The number of pyridine rings is 1. The first-order valence-electron chi connectivity index (χ1n) is 4.08. The Morgan fingerprint density at radius 1 is 1.47 bits per heavy atom. The number of rotatable bonds is 2. The molecule has 0 fully saturated rings. The summed E-state index contributed by atoms with van der Waals surface area (Å²) < 4.78 is 36.3. The van der Waals surface area contributed by atoms with Gasteiger partial charge in [-0.1, -0.05) is 6.07 Å². The highest BCUT2D eigenvalue weighted by Gasteiger charge is 2.32. The molecular formula is C9H8F3NO2. The third-order valence-corrected chi connectivity index (χ3v) is 1.95. The van der Waals surface area contributed by atoms with E-state index >= 15 is 0 Å². The molecule has 1 unspecified atom stereocenters. The number of aromatic nitrogens is 1. The maximum atomic E-state index is 12.1. The van der Waals surface area contributed by atoms with Crippen molar-refractivity contribution in [2.45, 2.75) is 19.0 Å². The van der Waals surface area contributed by atoms with Crippen LogP contribution in [0.4, 0.5) is 13.2 Å². The van der Waals surface area contributed by atoms with Gasteiger partial charge in [-0.25, -0.2) is 0 Å². The van der Waals surface area contributed by atoms with E-state index in [0.29, 0.717) is 0 Å². The van der Waals surface area contributed by atoms with Crippen LogP contribution < -0.4 is 0 Å². The van der Waals surface area contributed by atoms with Crippen molar-refractivity contribution in [3.63, 3.8) is 0 Å². The smallest absolute Gasteiger partial charge is 0.433 e. The Morgan fingerprint density at radius 3 is 2.40 bits per heavy atom. The summed E-state index contributed by atoms with van der Waals surface area (Å²) in [5.41, 5.74) is -0.778. The zero-order chi connectivity index (χ0) is 11.6. The molecule has 1 heterocycles. The molecule has 0 saturated heterocycles. The fraction of sp³-hybridized carbons (Fsp3) is 0.333. The van der Waals surface area contributed by atoms with E-state index in [1.165, 1.54) is 6.92 Å². The van der Waals surface area contributed by atoms with Crippen LogP contribution in [0.1, 0.15) is 24.1 Å². The molecule has 0 bridgehead atoms. The standard InChI is InChI=1S/C9H8F3NO2/c1-5(8(14)15)6-2-3-7(13-4-6)9(10,11)12/h2-5H,1H3,(H,14,15). The van der Waals surface area contributed by atoms with Crippen LogP contribution in [-0.2, 0) is 11.0 Å². The van der Waals surface area contributed by atoms with Crippen molar-refractivity contribution in [2.24, 2.45) is 0 Å². The zero-order valence-electron chi connectivity index (χ0n) is 7.75. The Bertz CT molecular complexity index is 359. The Morgan fingerprint density at radius 2 is 2.07 bits per heavy atom. The van der Waals surface area contributed by atoms with E-state index in [0.717, 1.165) is 18.3 Å². The number of carboxylic acid groups (broad SMARTS) is 1. The van der Waals surface area contributed by atoms with Gasteiger partial charge in [0, 0.05) is 6.20 Å². The van der Waals surface area contributed by atoms with Gasteiger partial charge in [-0.3, -0.25) is 9.78 Å². The summed E-state index contributed by atoms with van der Waals surface area (Å²) in [7, 11) is 0. The number of nitrogens with zero attached hydrogens (tertiary/aromatic N) is 1. The third kappa shape index (κ3) is 2.68. The van der Waals surface area contributed by atoms with Gasteiger partial charge in [0.1, 0.15) is 5.69 Å². The first-order chi connectivity index (χ1) is 6.82. The number of hydrogen-bond donors (Lipinski definition) is 1. The van der Waals surface area contributed by atoms with Crippen LogP contribution >= 0.6 is 0 Å². The van der Waals surface area contributed by atoms with Gasteiger partial charge in [0.2, 0.25) is 0 Å². The number of carbonyl (C=O) groups is 1. The quantitative estimate of drug-likeness (QED) is 0.830. The van der Waals surface area contributed by atoms with Gasteiger partial charge in [-0.05, 0) is 18.6 Å². The maximum absolute atomic E-state index is 12.1. The maximum Gasteiger partial charge on any atom is 0.433 e. The summed E-state index contributed by atoms with van der Waals surface area (Å²) in [6.45, 7) is 1.38. The van der Waals surface area contributed by atoms with Crippen molar-refractivity contribution in [1.29, 1.82) is 0 Å². The summed E-state index contributed by atoms with van der Waals surface area (Å²) in [5.74, 6) is -1.96. The van der Waals surface area contributed by atoms with E-state index in [1.807, 2.05) is 0 Å². The summed E-state index contributed by atoms with van der Waals surface area (Å²) in [4.78, 5) is 13.7. The molecular weight excluding hydrogens is 211 g/mol. The number of hydrogen-bond acceptors (Lipinski definition) is 2. The summed E-state index contributed by atoms with van der Waals surface area (Å²) in [6.07, 6.45) is -3.56. The predicted octanol–water partition coefficient (Wildman–Crippen LogP) is 2.29. The number of carboxylic acids is 1. The average molecular weight is 219 g/mol. The normalized spacial score (nSPS) is 13.6.